The molecule has 0 spiro atoms. The fraction of sp³-hybridized carbons (Fsp3) is 0.294. The maximum Gasteiger partial charge on any atom is 0.244 e. The van der Waals surface area contributed by atoms with Crippen LogP contribution in [-0.2, 0) is 9.53 Å². The summed E-state index contributed by atoms with van der Waals surface area (Å²) in [4.78, 5) is 16.4. The Bertz CT molecular complexity index is 646. The van der Waals surface area contributed by atoms with Crippen LogP contribution < -0.4 is 15.4 Å². The van der Waals surface area contributed by atoms with Gasteiger partial charge in [0.1, 0.15) is 11.8 Å². The van der Waals surface area contributed by atoms with E-state index in [1.165, 1.54) is 0 Å². The molecular formula is C17H19N3O3. The number of benzene rings is 1. The molecule has 6 heteroatoms. The topological polar surface area (TPSA) is 72.5 Å². The summed E-state index contributed by atoms with van der Waals surface area (Å²) in [6, 6.07) is 12.3. The molecular weight excluding hydrogens is 294 g/mol. The number of amides is 1. The molecule has 2 aromatic rings. The molecule has 3 rings (SSSR count). The van der Waals surface area contributed by atoms with Crippen molar-refractivity contribution >= 4 is 11.6 Å². The number of carbonyl (C=O) groups excluding carboxylic acids is 1. The molecule has 2 N–H and O–H groups in total. The standard InChI is InChI=1S/C17H19N3O3/c1-12-16(19-10-11-22-12)17(21)20-13-5-7-14(8-6-13)23-15-4-2-3-9-18-15/h2-9,12,16,19H,10-11H2,1H3,(H,20,21)/t12-,16+/m1/s1. The zero-order valence-corrected chi connectivity index (χ0v) is 12.9. The Morgan fingerprint density at radius 2 is 2.13 bits per heavy atom. The third-order valence-corrected chi connectivity index (χ3v) is 3.58. The zero-order valence-electron chi connectivity index (χ0n) is 12.9. The number of nitrogens with zero attached hydrogens (tertiary/aromatic N) is 1. The van der Waals surface area contributed by atoms with E-state index >= 15 is 0 Å². The first-order chi connectivity index (χ1) is 11.2. The molecule has 1 aliphatic rings. The average molecular weight is 313 g/mol. The fourth-order valence-electron chi connectivity index (χ4n) is 2.38. The second-order valence-corrected chi connectivity index (χ2v) is 5.29. The molecule has 2 heterocycles. The van der Waals surface area contributed by atoms with E-state index in [-0.39, 0.29) is 18.1 Å². The average Bonchev–Trinajstić information content (AvgIpc) is 2.58. The van der Waals surface area contributed by atoms with E-state index in [1.54, 1.807) is 36.5 Å². The van der Waals surface area contributed by atoms with Crippen molar-refractivity contribution in [3.63, 3.8) is 0 Å². The number of morpholine rings is 1. The second-order valence-electron chi connectivity index (χ2n) is 5.29. The molecule has 0 aliphatic carbocycles. The zero-order chi connectivity index (χ0) is 16.1. The molecule has 1 fully saturated rings. The lowest BCUT2D eigenvalue weighted by Crippen LogP contribution is -2.53. The smallest absolute Gasteiger partial charge is 0.244 e. The molecule has 0 radical (unpaired) electrons. The molecule has 0 unspecified atom stereocenters. The van der Waals surface area contributed by atoms with Crippen LogP contribution in [0, 0.1) is 0 Å². The van der Waals surface area contributed by atoms with E-state index < -0.39 is 0 Å². The van der Waals surface area contributed by atoms with Crippen molar-refractivity contribution in [2.75, 3.05) is 18.5 Å². The van der Waals surface area contributed by atoms with Crippen LogP contribution in [0.2, 0.25) is 0 Å². The Hall–Kier alpha value is -2.44. The minimum absolute atomic E-state index is 0.101. The quantitative estimate of drug-likeness (QED) is 0.905. The van der Waals surface area contributed by atoms with E-state index in [2.05, 4.69) is 15.6 Å². The Kier molecular flexibility index (Phi) is 4.85. The summed E-state index contributed by atoms with van der Waals surface area (Å²) >= 11 is 0. The van der Waals surface area contributed by atoms with Gasteiger partial charge in [0.05, 0.1) is 12.7 Å². The summed E-state index contributed by atoms with van der Waals surface area (Å²) in [6.45, 7) is 3.20. The highest BCUT2D eigenvalue weighted by Gasteiger charge is 2.28. The second kappa shape index (κ2) is 7.21. The molecule has 6 nitrogen and oxygen atoms in total. The van der Waals surface area contributed by atoms with Gasteiger partial charge in [-0.15, -0.1) is 0 Å². The molecule has 1 aromatic heterocycles. The molecule has 2 atom stereocenters. The molecule has 120 valence electrons. The Balaban J connectivity index is 1.60. The molecule has 1 aromatic carbocycles. The number of rotatable bonds is 4. The highest BCUT2D eigenvalue weighted by atomic mass is 16.5. The molecule has 23 heavy (non-hydrogen) atoms. The predicted octanol–water partition coefficient (Wildman–Crippen LogP) is 2.19. The van der Waals surface area contributed by atoms with E-state index in [1.807, 2.05) is 19.1 Å². The van der Waals surface area contributed by atoms with E-state index in [0.29, 0.717) is 30.5 Å². The molecule has 1 aliphatic heterocycles. The third kappa shape index (κ3) is 4.06. The van der Waals surface area contributed by atoms with Crippen LogP contribution in [0.25, 0.3) is 0 Å². The summed E-state index contributed by atoms with van der Waals surface area (Å²) in [5.41, 5.74) is 0.711. The van der Waals surface area contributed by atoms with Gasteiger partial charge in [0.2, 0.25) is 11.8 Å². The lowest BCUT2D eigenvalue weighted by molar-refractivity contribution is -0.123. The van der Waals surface area contributed by atoms with Gasteiger partial charge in [0, 0.05) is 24.5 Å². The van der Waals surface area contributed by atoms with Gasteiger partial charge in [-0.25, -0.2) is 4.98 Å². The number of hydrogen-bond donors (Lipinski definition) is 2. The Labute approximate surface area is 134 Å². The predicted molar refractivity (Wildman–Crippen MR) is 86.6 cm³/mol. The van der Waals surface area contributed by atoms with Gasteiger partial charge in [-0.05, 0) is 37.3 Å². The van der Waals surface area contributed by atoms with Crippen molar-refractivity contribution in [3.05, 3.63) is 48.7 Å². The summed E-state index contributed by atoms with van der Waals surface area (Å²) in [7, 11) is 0. The van der Waals surface area contributed by atoms with Crippen LogP contribution in [0.3, 0.4) is 0 Å². The fourth-order valence-corrected chi connectivity index (χ4v) is 2.38. The number of carbonyl (C=O) groups is 1. The summed E-state index contributed by atoms with van der Waals surface area (Å²) in [6.07, 6.45) is 1.53. The molecule has 0 saturated carbocycles. The Morgan fingerprint density at radius 1 is 1.30 bits per heavy atom. The number of aromatic nitrogens is 1. The van der Waals surface area contributed by atoms with Gasteiger partial charge in [0.15, 0.2) is 0 Å². The minimum atomic E-state index is -0.340. The van der Waals surface area contributed by atoms with Crippen LogP contribution in [0.5, 0.6) is 11.6 Å². The van der Waals surface area contributed by atoms with Gasteiger partial charge in [-0.2, -0.15) is 0 Å². The van der Waals surface area contributed by atoms with Gasteiger partial charge in [-0.1, -0.05) is 6.07 Å². The number of pyridine rings is 1. The number of anilines is 1. The largest absolute Gasteiger partial charge is 0.439 e. The Morgan fingerprint density at radius 3 is 2.83 bits per heavy atom. The highest BCUT2D eigenvalue weighted by Crippen LogP contribution is 2.21. The summed E-state index contributed by atoms with van der Waals surface area (Å²) < 4.78 is 11.1. The highest BCUT2D eigenvalue weighted by molar-refractivity contribution is 5.95. The van der Waals surface area contributed by atoms with E-state index in [4.69, 9.17) is 9.47 Å². The van der Waals surface area contributed by atoms with Gasteiger partial charge >= 0.3 is 0 Å². The summed E-state index contributed by atoms with van der Waals surface area (Å²) in [5.74, 6) is 1.09. The van der Waals surface area contributed by atoms with Gasteiger partial charge in [0.25, 0.3) is 0 Å². The first kappa shape index (κ1) is 15.5. The van der Waals surface area contributed by atoms with Crippen molar-refractivity contribution < 1.29 is 14.3 Å². The van der Waals surface area contributed by atoms with Crippen LogP contribution in [-0.4, -0.2) is 36.2 Å². The minimum Gasteiger partial charge on any atom is -0.439 e. The maximum absolute atomic E-state index is 12.3. The third-order valence-electron chi connectivity index (χ3n) is 3.58. The monoisotopic (exact) mass is 313 g/mol. The van der Waals surface area contributed by atoms with Crippen molar-refractivity contribution in [1.82, 2.24) is 10.3 Å². The van der Waals surface area contributed by atoms with Gasteiger partial charge < -0.3 is 20.1 Å². The first-order valence-corrected chi connectivity index (χ1v) is 7.57. The first-order valence-electron chi connectivity index (χ1n) is 7.57. The SMILES string of the molecule is C[C@H]1OCCN[C@@H]1C(=O)Nc1ccc(Oc2ccccn2)cc1. The summed E-state index contributed by atoms with van der Waals surface area (Å²) in [5, 5.41) is 6.04. The number of nitrogens with one attached hydrogen (secondary N) is 2. The van der Waals surface area contributed by atoms with Crippen molar-refractivity contribution in [3.8, 4) is 11.6 Å². The van der Waals surface area contributed by atoms with Crippen LogP contribution >= 0.6 is 0 Å². The van der Waals surface area contributed by atoms with Crippen LogP contribution in [0.1, 0.15) is 6.92 Å². The maximum atomic E-state index is 12.3. The van der Waals surface area contributed by atoms with Crippen LogP contribution in [0.4, 0.5) is 5.69 Å². The normalized spacial score (nSPS) is 20.7. The number of ether oxygens (including phenoxy) is 2. The lowest BCUT2D eigenvalue weighted by Gasteiger charge is -2.29. The van der Waals surface area contributed by atoms with Crippen molar-refractivity contribution in [2.45, 2.75) is 19.1 Å². The van der Waals surface area contributed by atoms with Crippen LogP contribution in [0.15, 0.2) is 48.7 Å². The lowest BCUT2D eigenvalue weighted by atomic mass is 10.1. The number of hydrogen-bond acceptors (Lipinski definition) is 5. The van der Waals surface area contributed by atoms with Gasteiger partial charge in [-0.3, -0.25) is 4.79 Å². The van der Waals surface area contributed by atoms with Crippen molar-refractivity contribution in [2.24, 2.45) is 0 Å². The molecule has 1 saturated heterocycles. The van der Waals surface area contributed by atoms with E-state index in [0.717, 1.165) is 0 Å². The molecule has 0 bridgehead atoms. The van der Waals surface area contributed by atoms with Crippen molar-refractivity contribution in [1.29, 1.82) is 0 Å². The van der Waals surface area contributed by atoms with E-state index in [9.17, 15) is 4.79 Å². The molecule has 1 amide bonds.